The molecule has 0 saturated carbocycles. The molecule has 6 nitrogen and oxygen atoms in total. The monoisotopic (exact) mass is 542 g/mol. The number of amides is 2. The summed E-state index contributed by atoms with van der Waals surface area (Å²) >= 11 is 5.82. The van der Waals surface area contributed by atoms with Gasteiger partial charge in [0.15, 0.2) is 0 Å². The molecule has 2 aliphatic heterocycles. The molecule has 38 heavy (non-hydrogen) atoms. The minimum Gasteiger partial charge on any atom is -0.352 e. The maximum absolute atomic E-state index is 13.4. The maximum Gasteiger partial charge on any atom is 0.251 e. The second-order valence-electron chi connectivity index (χ2n) is 11.0. The van der Waals surface area contributed by atoms with E-state index in [9.17, 15) is 14.0 Å². The zero-order valence-electron chi connectivity index (χ0n) is 22.7. The van der Waals surface area contributed by atoms with Crippen LogP contribution in [0.25, 0.3) is 0 Å². The molecule has 0 aliphatic carbocycles. The van der Waals surface area contributed by atoms with Gasteiger partial charge in [0.1, 0.15) is 5.82 Å². The van der Waals surface area contributed by atoms with Gasteiger partial charge in [-0.3, -0.25) is 14.5 Å². The Hall–Kier alpha value is -2.48. The van der Waals surface area contributed by atoms with Gasteiger partial charge >= 0.3 is 0 Å². The first-order chi connectivity index (χ1) is 18.2. The molecule has 2 heterocycles. The number of aryl methyl sites for hydroxylation is 1. The summed E-state index contributed by atoms with van der Waals surface area (Å²) in [5.74, 6) is -0.0973. The zero-order valence-corrected chi connectivity index (χ0v) is 23.5. The molecule has 2 aromatic rings. The van der Waals surface area contributed by atoms with E-state index >= 15 is 0 Å². The van der Waals surface area contributed by atoms with Gasteiger partial charge in [-0.05, 0) is 107 Å². The van der Waals surface area contributed by atoms with E-state index < -0.39 is 5.82 Å². The maximum atomic E-state index is 13.4. The SMILES string of the molecule is Cc1cc(C(=O)NCCC2CCCN(C)C2)ccc1C(C)N1CCC(NC(=O)c2ccc(F)c(Cl)c2)CC1. The highest BCUT2D eigenvalue weighted by Crippen LogP contribution is 2.28. The first-order valence-electron chi connectivity index (χ1n) is 13.8. The summed E-state index contributed by atoms with van der Waals surface area (Å²) in [7, 11) is 2.17. The Kier molecular flexibility index (Phi) is 9.80. The first-order valence-corrected chi connectivity index (χ1v) is 14.2. The summed E-state index contributed by atoms with van der Waals surface area (Å²) in [5.41, 5.74) is 3.41. The normalized spacial score (nSPS) is 20.2. The van der Waals surface area contributed by atoms with Gasteiger partial charge in [0, 0.05) is 49.4 Å². The van der Waals surface area contributed by atoms with Crippen LogP contribution < -0.4 is 10.6 Å². The largest absolute Gasteiger partial charge is 0.352 e. The number of nitrogens with one attached hydrogen (secondary N) is 2. The number of rotatable bonds is 8. The lowest BCUT2D eigenvalue weighted by Crippen LogP contribution is -2.45. The summed E-state index contributed by atoms with van der Waals surface area (Å²) in [4.78, 5) is 30.1. The van der Waals surface area contributed by atoms with Crippen molar-refractivity contribution in [2.45, 2.75) is 58.0 Å². The van der Waals surface area contributed by atoms with Gasteiger partial charge in [0.2, 0.25) is 0 Å². The van der Waals surface area contributed by atoms with E-state index in [1.807, 2.05) is 12.1 Å². The van der Waals surface area contributed by atoms with Crippen molar-refractivity contribution in [2.75, 3.05) is 39.8 Å². The number of hydrogen-bond donors (Lipinski definition) is 2. The predicted octanol–water partition coefficient (Wildman–Crippen LogP) is 5.20. The van der Waals surface area contributed by atoms with Crippen LogP contribution >= 0.6 is 11.6 Å². The molecule has 2 saturated heterocycles. The Balaban J connectivity index is 1.25. The fourth-order valence-corrected chi connectivity index (χ4v) is 6.00. The summed E-state index contributed by atoms with van der Waals surface area (Å²) < 4.78 is 13.4. The number of carbonyl (C=O) groups excluding carboxylic acids is 2. The topological polar surface area (TPSA) is 64.7 Å². The van der Waals surface area contributed by atoms with Gasteiger partial charge < -0.3 is 15.5 Å². The molecule has 2 aliphatic rings. The number of likely N-dealkylation sites (tertiary alicyclic amines) is 2. The lowest BCUT2D eigenvalue weighted by molar-refractivity contribution is 0.0894. The average molecular weight is 543 g/mol. The van der Waals surface area contributed by atoms with Crippen LogP contribution in [0.2, 0.25) is 5.02 Å². The molecule has 4 rings (SSSR count). The average Bonchev–Trinajstić information content (AvgIpc) is 2.90. The lowest BCUT2D eigenvalue weighted by Gasteiger charge is -2.37. The van der Waals surface area contributed by atoms with Crippen molar-refractivity contribution in [3.05, 3.63) is 69.5 Å². The second kappa shape index (κ2) is 13.0. The van der Waals surface area contributed by atoms with Crippen LogP contribution in [0.5, 0.6) is 0 Å². The number of carbonyl (C=O) groups is 2. The van der Waals surface area contributed by atoms with Crippen LogP contribution in [-0.2, 0) is 0 Å². The summed E-state index contributed by atoms with van der Waals surface area (Å²) in [6.45, 7) is 8.99. The standard InChI is InChI=1S/C30H40ClFN4O2/c1-20-17-23(29(37)33-13-10-22-5-4-14-35(3)19-22)6-8-26(20)21(2)36-15-11-25(12-16-36)34-30(38)24-7-9-28(32)27(31)18-24/h6-9,17-18,21-22,25H,4-5,10-16,19H2,1-3H3,(H,33,37)(H,34,38). The van der Waals surface area contributed by atoms with Gasteiger partial charge in [0.05, 0.1) is 5.02 Å². The molecule has 0 aromatic heterocycles. The fourth-order valence-electron chi connectivity index (χ4n) is 5.82. The van der Waals surface area contributed by atoms with Crippen molar-refractivity contribution >= 4 is 23.4 Å². The number of piperidine rings is 2. The van der Waals surface area contributed by atoms with Crippen molar-refractivity contribution < 1.29 is 14.0 Å². The minimum atomic E-state index is -0.530. The van der Waals surface area contributed by atoms with Crippen LogP contribution in [0.15, 0.2) is 36.4 Å². The van der Waals surface area contributed by atoms with Gasteiger partial charge in [-0.15, -0.1) is 0 Å². The van der Waals surface area contributed by atoms with Crippen molar-refractivity contribution in [1.29, 1.82) is 0 Å². The third kappa shape index (κ3) is 7.33. The second-order valence-corrected chi connectivity index (χ2v) is 11.4. The lowest BCUT2D eigenvalue weighted by atomic mass is 9.95. The molecule has 0 spiro atoms. The number of nitrogens with zero attached hydrogens (tertiary/aromatic N) is 2. The molecule has 2 amide bonds. The predicted molar refractivity (Wildman–Crippen MR) is 150 cm³/mol. The molecular weight excluding hydrogens is 503 g/mol. The fraction of sp³-hybridized carbons (Fsp3) is 0.533. The highest BCUT2D eigenvalue weighted by molar-refractivity contribution is 6.31. The van der Waals surface area contributed by atoms with E-state index in [1.54, 1.807) is 0 Å². The molecule has 0 radical (unpaired) electrons. The highest BCUT2D eigenvalue weighted by Gasteiger charge is 2.26. The Morgan fingerprint density at radius 2 is 1.76 bits per heavy atom. The van der Waals surface area contributed by atoms with Crippen LogP contribution in [0.4, 0.5) is 4.39 Å². The van der Waals surface area contributed by atoms with E-state index in [1.165, 1.54) is 43.1 Å². The summed E-state index contributed by atoms with van der Waals surface area (Å²) in [6.07, 6.45) is 5.19. The van der Waals surface area contributed by atoms with Crippen molar-refractivity contribution in [1.82, 2.24) is 20.4 Å². The van der Waals surface area contributed by atoms with Gasteiger partial charge in [-0.2, -0.15) is 0 Å². The van der Waals surface area contributed by atoms with E-state index in [0.29, 0.717) is 23.6 Å². The number of hydrogen-bond acceptors (Lipinski definition) is 4. The third-order valence-electron chi connectivity index (χ3n) is 8.14. The zero-order chi connectivity index (χ0) is 27.2. The third-order valence-corrected chi connectivity index (χ3v) is 8.43. The quantitative estimate of drug-likeness (QED) is 0.481. The van der Waals surface area contributed by atoms with Gasteiger partial charge in [0.25, 0.3) is 11.8 Å². The number of benzene rings is 2. The van der Waals surface area contributed by atoms with Crippen LogP contribution in [0.3, 0.4) is 0 Å². The number of halogens is 2. The van der Waals surface area contributed by atoms with Crippen LogP contribution in [-0.4, -0.2) is 67.4 Å². The molecule has 2 aromatic carbocycles. The smallest absolute Gasteiger partial charge is 0.251 e. The summed E-state index contributed by atoms with van der Waals surface area (Å²) in [6, 6.07) is 10.3. The molecule has 0 bridgehead atoms. The molecule has 206 valence electrons. The Morgan fingerprint density at radius 1 is 1.05 bits per heavy atom. The first kappa shape index (κ1) is 28.5. The van der Waals surface area contributed by atoms with Crippen molar-refractivity contribution in [2.24, 2.45) is 5.92 Å². The van der Waals surface area contributed by atoms with Crippen LogP contribution in [0, 0.1) is 18.7 Å². The van der Waals surface area contributed by atoms with Gasteiger partial charge in [-0.1, -0.05) is 17.7 Å². The molecular formula is C30H40ClFN4O2. The van der Waals surface area contributed by atoms with E-state index in [4.69, 9.17) is 11.6 Å². The van der Waals surface area contributed by atoms with Gasteiger partial charge in [-0.25, -0.2) is 4.39 Å². The van der Waals surface area contributed by atoms with E-state index in [-0.39, 0.29) is 28.9 Å². The molecule has 2 atom stereocenters. The molecule has 2 fully saturated rings. The summed E-state index contributed by atoms with van der Waals surface area (Å²) in [5, 5.41) is 6.12. The van der Waals surface area contributed by atoms with E-state index in [2.05, 4.69) is 47.4 Å². The van der Waals surface area contributed by atoms with Crippen molar-refractivity contribution in [3.8, 4) is 0 Å². The Morgan fingerprint density at radius 3 is 2.45 bits per heavy atom. The van der Waals surface area contributed by atoms with E-state index in [0.717, 1.165) is 44.5 Å². The van der Waals surface area contributed by atoms with Crippen molar-refractivity contribution in [3.63, 3.8) is 0 Å². The minimum absolute atomic E-state index is 0.00420. The Labute approximate surface area is 230 Å². The highest BCUT2D eigenvalue weighted by atomic mass is 35.5. The van der Waals surface area contributed by atoms with Crippen LogP contribution in [0.1, 0.15) is 76.9 Å². The molecule has 2 N–H and O–H groups in total. The molecule has 8 heteroatoms. The Bertz CT molecular complexity index is 1140. The molecule has 2 unspecified atom stereocenters.